The van der Waals surface area contributed by atoms with Crippen molar-refractivity contribution in [1.29, 1.82) is 0 Å². The molecule has 5 nitrogen and oxygen atoms in total. The second-order valence-electron chi connectivity index (χ2n) is 10.7. The summed E-state index contributed by atoms with van der Waals surface area (Å²) in [6.07, 6.45) is 7.53. The Hall–Kier alpha value is -2.37. The zero-order chi connectivity index (χ0) is 25.0. The largest absolute Gasteiger partial charge is 0.379 e. The number of Topliss-reactive ketones (excluding diaryl/α,β-unsaturated/α-hetero) is 1. The van der Waals surface area contributed by atoms with Crippen LogP contribution < -0.4 is 4.90 Å². The van der Waals surface area contributed by atoms with E-state index in [1.165, 1.54) is 48.4 Å². The van der Waals surface area contributed by atoms with Crippen molar-refractivity contribution in [2.24, 2.45) is 0 Å². The lowest BCUT2D eigenvalue weighted by atomic mass is 9.88. The van der Waals surface area contributed by atoms with Crippen molar-refractivity contribution < 1.29 is 9.53 Å². The van der Waals surface area contributed by atoms with Crippen LogP contribution in [0.4, 0.5) is 5.69 Å². The van der Waals surface area contributed by atoms with Gasteiger partial charge in [-0.2, -0.15) is 0 Å². The molecule has 2 heterocycles. The van der Waals surface area contributed by atoms with Gasteiger partial charge in [-0.3, -0.25) is 9.69 Å². The number of rotatable bonds is 11. The van der Waals surface area contributed by atoms with E-state index in [1.54, 1.807) is 0 Å². The van der Waals surface area contributed by atoms with Gasteiger partial charge in [-0.15, -0.1) is 0 Å². The molecule has 0 unspecified atom stereocenters. The maximum atomic E-state index is 14.5. The van der Waals surface area contributed by atoms with Crippen molar-refractivity contribution in [2.75, 3.05) is 45.3 Å². The lowest BCUT2D eigenvalue weighted by molar-refractivity contribution is -0.00422. The third kappa shape index (κ3) is 5.12. The number of para-hydroxylation sites is 1. The summed E-state index contributed by atoms with van der Waals surface area (Å²) in [5.74, 6) is 0.195. The molecule has 190 valence electrons. The number of benzene rings is 2. The Morgan fingerprint density at radius 2 is 1.63 bits per heavy atom. The van der Waals surface area contributed by atoms with Gasteiger partial charge in [0, 0.05) is 55.7 Å². The fourth-order valence-corrected chi connectivity index (χ4v) is 5.59. The van der Waals surface area contributed by atoms with Crippen molar-refractivity contribution in [2.45, 2.75) is 71.4 Å². The number of morpholine rings is 1. The van der Waals surface area contributed by atoms with Crippen LogP contribution in [0, 0.1) is 0 Å². The predicted molar refractivity (Wildman–Crippen MR) is 148 cm³/mol. The molecule has 35 heavy (non-hydrogen) atoms. The summed E-state index contributed by atoms with van der Waals surface area (Å²) in [6, 6.07) is 13.0. The van der Waals surface area contributed by atoms with Crippen molar-refractivity contribution in [3.63, 3.8) is 0 Å². The number of fused-ring (bicyclic) bond motifs is 3. The maximum absolute atomic E-state index is 14.5. The van der Waals surface area contributed by atoms with E-state index in [4.69, 9.17) is 4.74 Å². The molecule has 1 aromatic heterocycles. The van der Waals surface area contributed by atoms with Crippen LogP contribution >= 0.6 is 0 Å². The zero-order valence-corrected chi connectivity index (χ0v) is 22.4. The number of aryl methyl sites for hydroxylation is 1. The monoisotopic (exact) mass is 477 g/mol. The molecule has 0 aliphatic carbocycles. The fourth-order valence-electron chi connectivity index (χ4n) is 5.59. The number of hydrogen-bond donors (Lipinski definition) is 0. The number of aromatic nitrogens is 1. The van der Waals surface area contributed by atoms with E-state index < -0.39 is 5.54 Å². The van der Waals surface area contributed by atoms with Gasteiger partial charge in [0.2, 0.25) is 0 Å². The van der Waals surface area contributed by atoms with Gasteiger partial charge in [-0.25, -0.2) is 0 Å². The summed E-state index contributed by atoms with van der Waals surface area (Å²) in [5, 5.41) is 2.41. The molecule has 0 N–H and O–H groups in total. The van der Waals surface area contributed by atoms with Crippen LogP contribution in [-0.2, 0) is 11.3 Å². The minimum absolute atomic E-state index is 0.195. The van der Waals surface area contributed by atoms with Crippen molar-refractivity contribution in [1.82, 2.24) is 9.47 Å². The first-order valence-electron chi connectivity index (χ1n) is 13.5. The molecule has 3 aromatic rings. The quantitative estimate of drug-likeness (QED) is 0.233. The average Bonchev–Trinajstić information content (AvgIpc) is 3.19. The Morgan fingerprint density at radius 3 is 2.34 bits per heavy atom. The number of hydrogen-bond acceptors (Lipinski definition) is 4. The van der Waals surface area contributed by atoms with E-state index >= 15 is 0 Å². The highest BCUT2D eigenvalue weighted by atomic mass is 16.5. The summed E-state index contributed by atoms with van der Waals surface area (Å²) in [6.45, 7) is 10.3. The number of ether oxygens (including phenoxy) is 1. The second kappa shape index (κ2) is 11.1. The summed E-state index contributed by atoms with van der Waals surface area (Å²) < 4.78 is 8.02. The van der Waals surface area contributed by atoms with Crippen molar-refractivity contribution >= 4 is 33.3 Å². The Balaban J connectivity index is 1.83. The average molecular weight is 478 g/mol. The number of anilines is 1. The third-order valence-corrected chi connectivity index (χ3v) is 7.71. The molecule has 0 bridgehead atoms. The highest BCUT2D eigenvalue weighted by molar-refractivity contribution is 6.21. The molecule has 1 aliphatic heterocycles. The molecule has 4 rings (SSSR count). The molecule has 0 atom stereocenters. The lowest BCUT2D eigenvalue weighted by Gasteiger charge is -2.40. The first kappa shape index (κ1) is 25.7. The molecule has 1 fully saturated rings. The summed E-state index contributed by atoms with van der Waals surface area (Å²) in [4.78, 5) is 18.8. The number of nitrogens with zero attached hydrogens (tertiary/aromatic N) is 3. The van der Waals surface area contributed by atoms with Crippen LogP contribution in [0.3, 0.4) is 0 Å². The van der Waals surface area contributed by atoms with Gasteiger partial charge in [0.15, 0.2) is 5.78 Å². The molecule has 0 spiro atoms. The molecule has 0 radical (unpaired) electrons. The van der Waals surface area contributed by atoms with Crippen LogP contribution in [0.5, 0.6) is 0 Å². The fraction of sp³-hybridized carbons (Fsp3) is 0.567. The smallest absolute Gasteiger partial charge is 0.186 e. The van der Waals surface area contributed by atoms with E-state index in [2.05, 4.69) is 71.5 Å². The highest BCUT2D eigenvalue weighted by Crippen LogP contribution is 2.38. The Bertz CT molecular complexity index is 1160. The van der Waals surface area contributed by atoms with Crippen molar-refractivity contribution in [3.8, 4) is 0 Å². The molecular formula is C30H43N3O2. The summed E-state index contributed by atoms with van der Waals surface area (Å²) in [5.41, 5.74) is 3.56. The number of carbonyl (C=O) groups excluding carboxylic acids is 1. The molecular weight excluding hydrogens is 434 g/mol. The topological polar surface area (TPSA) is 37.7 Å². The SMILES string of the molecule is CCCCCCCCn1c2ccccc2c2ccc(N(C)C)c(C(=O)C(C)(C)N3CCOCC3)c21. The zero-order valence-electron chi connectivity index (χ0n) is 22.4. The highest BCUT2D eigenvalue weighted by Gasteiger charge is 2.39. The first-order chi connectivity index (χ1) is 16.9. The van der Waals surface area contributed by atoms with E-state index in [1.807, 2.05) is 14.1 Å². The molecule has 2 aromatic carbocycles. The van der Waals surface area contributed by atoms with E-state index in [0.717, 1.165) is 42.8 Å². The van der Waals surface area contributed by atoms with Crippen LogP contribution in [0.2, 0.25) is 0 Å². The Morgan fingerprint density at radius 1 is 0.943 bits per heavy atom. The number of ketones is 1. The summed E-state index contributed by atoms with van der Waals surface area (Å²) in [7, 11) is 4.08. The van der Waals surface area contributed by atoms with Gasteiger partial charge in [0.25, 0.3) is 0 Å². The van der Waals surface area contributed by atoms with E-state index in [-0.39, 0.29) is 5.78 Å². The Kier molecular flexibility index (Phi) is 8.18. The van der Waals surface area contributed by atoms with Gasteiger partial charge in [-0.05, 0) is 32.4 Å². The molecule has 0 amide bonds. The lowest BCUT2D eigenvalue weighted by Crippen LogP contribution is -2.54. The normalized spacial score (nSPS) is 15.2. The van der Waals surface area contributed by atoms with Gasteiger partial charge in [-0.1, -0.05) is 63.3 Å². The number of carbonyl (C=O) groups is 1. The first-order valence-corrected chi connectivity index (χ1v) is 13.5. The van der Waals surface area contributed by atoms with Gasteiger partial charge in [0.1, 0.15) is 0 Å². The Labute approximate surface area is 211 Å². The van der Waals surface area contributed by atoms with Gasteiger partial charge >= 0.3 is 0 Å². The minimum atomic E-state index is -0.607. The third-order valence-electron chi connectivity index (χ3n) is 7.71. The maximum Gasteiger partial charge on any atom is 0.186 e. The van der Waals surface area contributed by atoms with Crippen LogP contribution in [0.15, 0.2) is 36.4 Å². The second-order valence-corrected chi connectivity index (χ2v) is 10.7. The van der Waals surface area contributed by atoms with Gasteiger partial charge in [0.05, 0.1) is 29.8 Å². The van der Waals surface area contributed by atoms with Crippen LogP contribution in [0.1, 0.15) is 69.7 Å². The molecule has 1 saturated heterocycles. The molecule has 1 aliphatic rings. The number of unbranched alkanes of at least 4 members (excludes halogenated alkanes) is 5. The van der Waals surface area contributed by atoms with E-state index in [0.29, 0.717) is 13.2 Å². The minimum Gasteiger partial charge on any atom is -0.379 e. The van der Waals surface area contributed by atoms with Gasteiger partial charge < -0.3 is 14.2 Å². The molecule has 5 heteroatoms. The predicted octanol–water partition coefficient (Wildman–Crippen LogP) is 6.51. The summed E-state index contributed by atoms with van der Waals surface area (Å²) >= 11 is 0. The van der Waals surface area contributed by atoms with Crippen LogP contribution in [-0.4, -0.2) is 61.2 Å². The van der Waals surface area contributed by atoms with Crippen LogP contribution in [0.25, 0.3) is 21.8 Å². The van der Waals surface area contributed by atoms with Crippen molar-refractivity contribution in [3.05, 3.63) is 42.0 Å². The standard InChI is InChI=1S/C30H43N3O2/c1-6-7-8-9-10-13-18-33-25-15-12-11-14-23(25)24-16-17-26(31(4)5)27(28(24)33)29(34)30(2,3)32-19-21-35-22-20-32/h11-12,14-17H,6-10,13,18-22H2,1-5H3. The van der Waals surface area contributed by atoms with E-state index in [9.17, 15) is 4.79 Å². The molecule has 0 saturated carbocycles.